The third-order valence-corrected chi connectivity index (χ3v) is 6.82. The van der Waals surface area contributed by atoms with E-state index in [-0.39, 0.29) is 11.3 Å². The minimum atomic E-state index is -1.14. The molecule has 1 aliphatic rings. The Morgan fingerprint density at radius 2 is 1.94 bits per heavy atom. The summed E-state index contributed by atoms with van der Waals surface area (Å²) in [6.45, 7) is 10.2. The first-order chi connectivity index (χ1) is 15.0. The lowest BCUT2D eigenvalue weighted by Gasteiger charge is -2.37. The Bertz CT molecular complexity index is 1040. The molecule has 0 spiro atoms. The highest BCUT2D eigenvalue weighted by atomic mass is 16.5. The maximum atomic E-state index is 13.5. The highest BCUT2D eigenvalue weighted by Gasteiger charge is 2.36. The lowest BCUT2D eigenvalue weighted by molar-refractivity contribution is -0.130. The van der Waals surface area contributed by atoms with Crippen LogP contribution in [0, 0.1) is 17.3 Å². The molecule has 3 rings (SSSR count). The monoisotopic (exact) mass is 439 g/mol. The van der Waals surface area contributed by atoms with E-state index in [9.17, 15) is 14.4 Å². The van der Waals surface area contributed by atoms with Crippen LogP contribution in [0.4, 0.5) is 4.79 Å². The molecule has 1 aliphatic carbocycles. The van der Waals surface area contributed by atoms with Crippen LogP contribution < -0.4 is 11.1 Å². The van der Waals surface area contributed by atoms with Crippen molar-refractivity contribution in [3.05, 3.63) is 41.1 Å². The summed E-state index contributed by atoms with van der Waals surface area (Å²) in [7, 11) is 0. The normalized spacial score (nSPS) is 17.0. The molecule has 1 aromatic carbocycles. The van der Waals surface area contributed by atoms with Gasteiger partial charge in [-0.25, -0.2) is 9.59 Å². The Labute approximate surface area is 189 Å². The maximum absolute atomic E-state index is 13.5. The number of aromatic nitrogens is 1. The van der Waals surface area contributed by atoms with Crippen LogP contribution in [-0.2, 0) is 22.4 Å². The van der Waals surface area contributed by atoms with E-state index < -0.39 is 24.0 Å². The molecule has 3 amide bonds. The lowest BCUT2D eigenvalue weighted by atomic mass is 9.68. The highest BCUT2D eigenvalue weighted by molar-refractivity contribution is 6.06. The number of imide groups is 1. The van der Waals surface area contributed by atoms with E-state index in [1.54, 1.807) is 13.8 Å². The number of rotatable bonds is 6. The van der Waals surface area contributed by atoms with E-state index >= 15 is 0 Å². The number of amides is 3. The number of nitrogens with two attached hydrogens (primary N) is 1. The topological polar surface area (TPSA) is 111 Å². The number of nitrogens with one attached hydrogen (secondary N) is 1. The molecule has 0 bridgehead atoms. The molecule has 0 aliphatic heterocycles. The van der Waals surface area contributed by atoms with Gasteiger partial charge in [-0.05, 0) is 48.1 Å². The first-order valence-corrected chi connectivity index (χ1v) is 11.3. The van der Waals surface area contributed by atoms with Crippen molar-refractivity contribution in [3.8, 4) is 0 Å². The van der Waals surface area contributed by atoms with E-state index in [4.69, 9.17) is 15.5 Å². The Balaban J connectivity index is 2.06. The number of esters is 1. The average molecular weight is 440 g/mol. The van der Waals surface area contributed by atoms with Crippen LogP contribution in [0.25, 0.3) is 10.9 Å². The highest BCUT2D eigenvalue weighted by Crippen LogP contribution is 2.41. The van der Waals surface area contributed by atoms with Crippen LogP contribution >= 0.6 is 0 Å². The van der Waals surface area contributed by atoms with Crippen molar-refractivity contribution in [2.45, 2.75) is 66.4 Å². The van der Waals surface area contributed by atoms with Gasteiger partial charge in [0.05, 0.1) is 11.1 Å². The second kappa shape index (κ2) is 9.27. The van der Waals surface area contributed by atoms with Crippen molar-refractivity contribution in [2.75, 3.05) is 0 Å². The first kappa shape index (κ1) is 23.7. The molecule has 2 unspecified atom stereocenters. The fourth-order valence-corrected chi connectivity index (χ4v) is 4.44. The number of hydrogen-bond acceptors (Lipinski definition) is 5. The summed E-state index contributed by atoms with van der Waals surface area (Å²) < 4.78 is 5.70. The minimum Gasteiger partial charge on any atom is -0.448 e. The molecule has 0 radical (unpaired) electrons. The van der Waals surface area contributed by atoms with Crippen molar-refractivity contribution in [1.82, 2.24) is 10.3 Å². The SMILES string of the molecule is CCC(C)(C)C1CCc2nc3ccccc3c(C(=O)OC(C(=O)NC(N)=O)C(C)C)c2C1. The summed E-state index contributed by atoms with van der Waals surface area (Å²) >= 11 is 0. The molecule has 1 heterocycles. The van der Waals surface area contributed by atoms with Crippen LogP contribution in [0.2, 0.25) is 0 Å². The molecule has 172 valence electrons. The first-order valence-electron chi connectivity index (χ1n) is 11.3. The Kier molecular flexibility index (Phi) is 6.86. The number of primary amides is 1. The summed E-state index contributed by atoms with van der Waals surface area (Å²) in [5, 5.41) is 2.74. The molecular weight excluding hydrogens is 406 g/mol. The second-order valence-electron chi connectivity index (χ2n) is 9.63. The molecular formula is C25H33N3O4. The summed E-state index contributed by atoms with van der Waals surface area (Å²) in [6, 6.07) is 6.52. The minimum absolute atomic E-state index is 0.131. The number of carbonyl (C=O) groups is 3. The fourth-order valence-electron chi connectivity index (χ4n) is 4.44. The number of nitrogens with zero attached hydrogens (tertiary/aromatic N) is 1. The van der Waals surface area contributed by atoms with Gasteiger partial charge in [0.2, 0.25) is 0 Å². The third-order valence-electron chi connectivity index (χ3n) is 6.82. The van der Waals surface area contributed by atoms with Gasteiger partial charge < -0.3 is 10.5 Å². The number of ether oxygens (including phenoxy) is 1. The number of urea groups is 1. The summed E-state index contributed by atoms with van der Waals surface area (Å²) in [5.41, 5.74) is 8.25. The standard InChI is InChI=1S/C25H33N3O4/c1-6-25(4,5)15-11-12-19-17(13-15)20(16-9-7-8-10-18(16)27-19)23(30)32-21(14(2)3)22(29)28-24(26)31/h7-10,14-15,21H,6,11-13H2,1-5H3,(H3,26,28,29,31). The predicted octanol–water partition coefficient (Wildman–Crippen LogP) is 4.15. The fraction of sp³-hybridized carbons (Fsp3) is 0.520. The molecule has 2 aromatic rings. The molecule has 32 heavy (non-hydrogen) atoms. The van der Waals surface area contributed by atoms with E-state index in [1.165, 1.54) is 0 Å². The van der Waals surface area contributed by atoms with E-state index in [0.29, 0.717) is 16.9 Å². The van der Waals surface area contributed by atoms with Crippen LogP contribution in [0.1, 0.15) is 69.1 Å². The van der Waals surface area contributed by atoms with Crippen LogP contribution in [0.15, 0.2) is 24.3 Å². The number of hydrogen-bond donors (Lipinski definition) is 2. The summed E-state index contributed by atoms with van der Waals surface area (Å²) in [4.78, 5) is 42.0. The van der Waals surface area contributed by atoms with Crippen molar-refractivity contribution in [2.24, 2.45) is 23.0 Å². The Morgan fingerprint density at radius 3 is 2.56 bits per heavy atom. The lowest BCUT2D eigenvalue weighted by Crippen LogP contribution is -2.45. The summed E-state index contributed by atoms with van der Waals surface area (Å²) in [6.07, 6.45) is 2.45. The van der Waals surface area contributed by atoms with Gasteiger partial charge in [0.15, 0.2) is 6.10 Å². The quantitative estimate of drug-likeness (QED) is 0.657. The van der Waals surface area contributed by atoms with E-state index in [0.717, 1.165) is 42.5 Å². The predicted molar refractivity (Wildman–Crippen MR) is 123 cm³/mol. The zero-order chi connectivity index (χ0) is 23.6. The molecule has 7 nitrogen and oxygen atoms in total. The molecule has 3 N–H and O–H groups in total. The van der Waals surface area contributed by atoms with Gasteiger partial charge in [-0.3, -0.25) is 15.1 Å². The van der Waals surface area contributed by atoms with Gasteiger partial charge in [-0.15, -0.1) is 0 Å². The molecule has 7 heteroatoms. The number of pyridine rings is 1. The van der Waals surface area contributed by atoms with Crippen molar-refractivity contribution in [1.29, 1.82) is 0 Å². The van der Waals surface area contributed by atoms with Crippen molar-refractivity contribution >= 4 is 28.8 Å². The van der Waals surface area contributed by atoms with Crippen molar-refractivity contribution in [3.63, 3.8) is 0 Å². The number of fused-ring (bicyclic) bond motifs is 2. The van der Waals surface area contributed by atoms with E-state index in [1.807, 2.05) is 29.6 Å². The van der Waals surface area contributed by atoms with Gasteiger partial charge in [-0.1, -0.05) is 59.2 Å². The number of aryl methyl sites for hydroxylation is 1. The Morgan fingerprint density at radius 1 is 1.25 bits per heavy atom. The average Bonchev–Trinajstić information content (AvgIpc) is 2.74. The van der Waals surface area contributed by atoms with Crippen LogP contribution in [0.5, 0.6) is 0 Å². The molecule has 0 saturated heterocycles. The number of para-hydroxylation sites is 1. The van der Waals surface area contributed by atoms with Crippen LogP contribution in [-0.4, -0.2) is 29.0 Å². The van der Waals surface area contributed by atoms with Gasteiger partial charge in [0, 0.05) is 11.1 Å². The largest absolute Gasteiger partial charge is 0.448 e. The molecule has 0 saturated carbocycles. The number of benzene rings is 1. The Hall–Kier alpha value is -2.96. The molecule has 0 fully saturated rings. The van der Waals surface area contributed by atoms with Crippen LogP contribution in [0.3, 0.4) is 0 Å². The maximum Gasteiger partial charge on any atom is 0.339 e. The zero-order valence-corrected chi connectivity index (χ0v) is 19.5. The second-order valence-corrected chi connectivity index (χ2v) is 9.63. The number of carbonyl (C=O) groups excluding carboxylic acids is 3. The smallest absolute Gasteiger partial charge is 0.339 e. The van der Waals surface area contributed by atoms with Gasteiger partial charge in [0.1, 0.15) is 0 Å². The van der Waals surface area contributed by atoms with E-state index in [2.05, 4.69) is 20.8 Å². The molecule has 2 atom stereocenters. The van der Waals surface area contributed by atoms with Crippen molar-refractivity contribution < 1.29 is 19.1 Å². The van der Waals surface area contributed by atoms with Gasteiger partial charge in [0.25, 0.3) is 5.91 Å². The van der Waals surface area contributed by atoms with Gasteiger partial charge >= 0.3 is 12.0 Å². The molecule has 1 aromatic heterocycles. The summed E-state index contributed by atoms with van der Waals surface area (Å²) in [5.74, 6) is -1.23. The van der Waals surface area contributed by atoms with Gasteiger partial charge in [-0.2, -0.15) is 0 Å². The third kappa shape index (κ3) is 4.76. The zero-order valence-electron chi connectivity index (χ0n) is 19.5.